The molecule has 24 heavy (non-hydrogen) atoms. The fraction of sp³-hybridized carbons (Fsp3) is 0.353. The number of hydrogen-bond acceptors (Lipinski definition) is 4. The van der Waals surface area contributed by atoms with Gasteiger partial charge in [-0.15, -0.1) is 9.73 Å². The van der Waals surface area contributed by atoms with Crippen molar-refractivity contribution in [3.8, 4) is 17.1 Å². The Bertz CT molecular complexity index is 876. The molecule has 0 atom stereocenters. The van der Waals surface area contributed by atoms with Gasteiger partial charge >= 0.3 is 0 Å². The van der Waals surface area contributed by atoms with Crippen molar-refractivity contribution in [2.24, 2.45) is 0 Å². The Labute approximate surface area is 144 Å². The van der Waals surface area contributed by atoms with E-state index in [0.29, 0.717) is 35.3 Å². The van der Waals surface area contributed by atoms with Crippen LogP contribution in [0.3, 0.4) is 0 Å². The first-order valence-electron chi connectivity index (χ1n) is 7.72. The molecular weight excluding hydrogens is 328 g/mol. The molecule has 0 aliphatic heterocycles. The summed E-state index contributed by atoms with van der Waals surface area (Å²) in [6.07, 6.45) is 1.20. The number of benzene rings is 1. The van der Waals surface area contributed by atoms with E-state index in [-0.39, 0.29) is 5.41 Å². The molecule has 2 heterocycles. The minimum Gasteiger partial charge on any atom is -0.493 e. The maximum atomic E-state index is 10.4. The largest absolute Gasteiger partial charge is 0.493 e. The number of H-pyrrole nitrogens is 1. The molecule has 0 saturated carbocycles. The van der Waals surface area contributed by atoms with Crippen molar-refractivity contribution in [1.82, 2.24) is 19.8 Å². The Morgan fingerprint density at radius 3 is 2.79 bits per heavy atom. The second-order valence-corrected chi connectivity index (χ2v) is 6.93. The van der Waals surface area contributed by atoms with Gasteiger partial charge in [-0.05, 0) is 12.1 Å². The number of nitrogens with one attached hydrogen (secondary N) is 1. The summed E-state index contributed by atoms with van der Waals surface area (Å²) < 4.78 is 7.06. The Kier molecular flexibility index (Phi) is 4.32. The topological polar surface area (TPSA) is 72.3 Å². The number of fused-ring (bicyclic) bond motifs is 1. The molecular formula is C17H19ClN4O2. The first-order valence-corrected chi connectivity index (χ1v) is 8.10. The molecule has 0 spiro atoms. The maximum absolute atomic E-state index is 10.4. The van der Waals surface area contributed by atoms with Gasteiger partial charge in [-0.25, -0.2) is 0 Å². The molecule has 0 aliphatic carbocycles. The molecule has 126 valence electrons. The highest BCUT2D eigenvalue weighted by atomic mass is 35.5. The highest BCUT2D eigenvalue weighted by Gasteiger charge is 2.25. The molecule has 1 aromatic carbocycles. The number of aromatic nitrogens is 4. The monoisotopic (exact) mass is 346 g/mol. The van der Waals surface area contributed by atoms with Crippen molar-refractivity contribution in [3.05, 3.63) is 35.0 Å². The van der Waals surface area contributed by atoms with Crippen molar-refractivity contribution < 1.29 is 9.53 Å². The minimum absolute atomic E-state index is 0.155. The Hall–Kier alpha value is -2.34. The number of aldehydes is 1. The van der Waals surface area contributed by atoms with Crippen LogP contribution in [-0.2, 0) is 10.2 Å². The van der Waals surface area contributed by atoms with Crippen LogP contribution < -0.4 is 4.74 Å². The third-order valence-corrected chi connectivity index (χ3v) is 3.92. The van der Waals surface area contributed by atoms with Gasteiger partial charge in [-0.2, -0.15) is 5.10 Å². The van der Waals surface area contributed by atoms with E-state index in [1.54, 1.807) is 0 Å². The fourth-order valence-electron chi connectivity index (χ4n) is 2.36. The van der Waals surface area contributed by atoms with Gasteiger partial charge in [0.15, 0.2) is 11.5 Å². The zero-order valence-electron chi connectivity index (χ0n) is 13.8. The van der Waals surface area contributed by atoms with Gasteiger partial charge in [-0.1, -0.05) is 44.5 Å². The van der Waals surface area contributed by atoms with E-state index >= 15 is 0 Å². The molecule has 2 aromatic heterocycles. The second kappa shape index (κ2) is 6.28. The standard InChI is InChI=1S/C17H19ClN4O2/c1-17(2,3)14-13(18)16-19-15(21-22(16)20-14)11-6-4-7-12(10-11)24-9-5-8-23/h4,6-8,10H,5,9H2,1-3H3,(H,19,21). The molecule has 7 heteroatoms. The second-order valence-electron chi connectivity index (χ2n) is 6.56. The quantitative estimate of drug-likeness (QED) is 0.565. The fourth-order valence-corrected chi connectivity index (χ4v) is 2.81. The lowest BCUT2D eigenvalue weighted by atomic mass is 9.92. The molecule has 1 N–H and O–H groups in total. The van der Waals surface area contributed by atoms with Crippen molar-refractivity contribution in [1.29, 1.82) is 0 Å². The van der Waals surface area contributed by atoms with Crippen LogP contribution in [0.25, 0.3) is 17.0 Å². The van der Waals surface area contributed by atoms with E-state index in [4.69, 9.17) is 16.3 Å². The smallest absolute Gasteiger partial charge is 0.175 e. The average Bonchev–Trinajstić information content (AvgIpc) is 3.07. The molecule has 0 aliphatic rings. The number of halogens is 1. The van der Waals surface area contributed by atoms with Crippen molar-refractivity contribution >= 4 is 23.5 Å². The van der Waals surface area contributed by atoms with E-state index in [0.717, 1.165) is 17.5 Å². The number of carbonyl (C=O) groups excluding carboxylic acids is 1. The lowest BCUT2D eigenvalue weighted by Crippen LogP contribution is -2.12. The number of carbonyl (C=O) groups is 1. The average molecular weight is 347 g/mol. The maximum Gasteiger partial charge on any atom is 0.175 e. The van der Waals surface area contributed by atoms with Crippen molar-refractivity contribution in [3.63, 3.8) is 0 Å². The summed E-state index contributed by atoms with van der Waals surface area (Å²) in [5.41, 5.74) is 2.18. The predicted octanol–water partition coefficient (Wildman–Crippen LogP) is 3.64. The molecule has 0 amide bonds. The molecule has 0 unspecified atom stereocenters. The molecule has 0 fully saturated rings. The molecule has 0 saturated heterocycles. The van der Waals surface area contributed by atoms with E-state index in [1.807, 2.05) is 24.3 Å². The van der Waals surface area contributed by atoms with Crippen molar-refractivity contribution in [2.45, 2.75) is 32.6 Å². The Balaban J connectivity index is 1.93. The molecule has 3 rings (SSSR count). The molecule has 0 bridgehead atoms. The van der Waals surface area contributed by atoms with E-state index < -0.39 is 0 Å². The lowest BCUT2D eigenvalue weighted by Gasteiger charge is -2.14. The van der Waals surface area contributed by atoms with Crippen LogP contribution in [0.15, 0.2) is 24.3 Å². The Morgan fingerprint density at radius 1 is 1.33 bits per heavy atom. The van der Waals surface area contributed by atoms with Crippen LogP contribution >= 0.6 is 11.6 Å². The minimum atomic E-state index is -0.155. The van der Waals surface area contributed by atoms with E-state index in [9.17, 15) is 4.79 Å². The summed E-state index contributed by atoms with van der Waals surface area (Å²) in [5.74, 6) is 1.34. The molecule has 6 nitrogen and oxygen atoms in total. The summed E-state index contributed by atoms with van der Waals surface area (Å²) in [4.78, 5) is 13.6. The first kappa shape index (κ1) is 16.5. The zero-order valence-corrected chi connectivity index (χ0v) is 14.6. The van der Waals surface area contributed by atoms with Crippen molar-refractivity contribution in [2.75, 3.05) is 6.61 Å². The summed E-state index contributed by atoms with van der Waals surface area (Å²) >= 11 is 6.45. The first-order chi connectivity index (χ1) is 11.4. The highest BCUT2D eigenvalue weighted by Crippen LogP contribution is 2.32. The highest BCUT2D eigenvalue weighted by molar-refractivity contribution is 6.34. The predicted molar refractivity (Wildman–Crippen MR) is 92.7 cm³/mol. The van der Waals surface area contributed by atoms with Crippen LogP contribution in [0.1, 0.15) is 32.9 Å². The van der Waals surface area contributed by atoms with Crippen LogP contribution in [0.4, 0.5) is 0 Å². The summed E-state index contributed by atoms with van der Waals surface area (Å²) in [6, 6.07) is 7.50. The number of ether oxygens (including phenoxy) is 1. The lowest BCUT2D eigenvalue weighted by molar-refractivity contribution is -0.108. The van der Waals surface area contributed by atoms with E-state index in [1.165, 1.54) is 4.63 Å². The van der Waals surface area contributed by atoms with Gasteiger partial charge in [0.25, 0.3) is 0 Å². The van der Waals surface area contributed by atoms with Crippen LogP contribution in [0.2, 0.25) is 5.02 Å². The van der Waals surface area contributed by atoms with Gasteiger partial charge in [0, 0.05) is 17.4 Å². The summed E-state index contributed by atoms with van der Waals surface area (Å²) in [5, 5.41) is 9.54. The number of aromatic amines is 1. The number of hydrogen-bond donors (Lipinski definition) is 1. The normalized spacial score (nSPS) is 11.8. The van der Waals surface area contributed by atoms with Gasteiger partial charge in [0.2, 0.25) is 0 Å². The summed E-state index contributed by atoms with van der Waals surface area (Å²) in [6.45, 7) is 6.53. The molecule has 3 aromatic rings. The molecule has 0 radical (unpaired) electrons. The third-order valence-electron chi connectivity index (χ3n) is 3.56. The van der Waals surface area contributed by atoms with Crippen LogP contribution in [-0.4, -0.2) is 32.7 Å². The van der Waals surface area contributed by atoms with Crippen LogP contribution in [0.5, 0.6) is 5.75 Å². The zero-order chi connectivity index (χ0) is 17.3. The Morgan fingerprint density at radius 2 is 2.12 bits per heavy atom. The summed E-state index contributed by atoms with van der Waals surface area (Å²) in [7, 11) is 0. The SMILES string of the molecule is CC(C)(C)c1nn2nc(-c3cccc(OCCC=O)c3)[nH]c2c1Cl. The van der Waals surface area contributed by atoms with Gasteiger partial charge < -0.3 is 14.5 Å². The van der Waals surface area contributed by atoms with Gasteiger partial charge in [0.1, 0.15) is 17.1 Å². The number of rotatable bonds is 5. The van der Waals surface area contributed by atoms with Gasteiger partial charge in [0.05, 0.1) is 12.3 Å². The number of nitrogens with zero attached hydrogens (tertiary/aromatic N) is 3. The third kappa shape index (κ3) is 3.14. The van der Waals surface area contributed by atoms with Crippen LogP contribution in [0, 0.1) is 0 Å². The van der Waals surface area contributed by atoms with E-state index in [2.05, 4.69) is 36.0 Å². The van der Waals surface area contributed by atoms with Gasteiger partial charge in [-0.3, -0.25) is 0 Å².